The van der Waals surface area contributed by atoms with Crippen molar-refractivity contribution in [3.63, 3.8) is 0 Å². The molecule has 9 heteroatoms. The molecular formula is C13H11BFNO6. The summed E-state index contributed by atoms with van der Waals surface area (Å²) in [6.07, 6.45) is 0. The average Bonchev–Trinajstić information content (AvgIpc) is 2.47. The van der Waals surface area contributed by atoms with Crippen LogP contribution in [0, 0.1) is 15.9 Å². The first-order chi connectivity index (χ1) is 10.3. The fourth-order valence-electron chi connectivity index (χ4n) is 1.55. The van der Waals surface area contributed by atoms with Gasteiger partial charge < -0.3 is 15.1 Å². The molecule has 0 amide bonds. The molecule has 114 valence electrons. The van der Waals surface area contributed by atoms with Crippen LogP contribution in [-0.2, 0) is 0 Å². The highest BCUT2D eigenvalue weighted by Crippen LogP contribution is 2.19. The Balaban J connectivity index is 0.000000541. The zero-order valence-corrected chi connectivity index (χ0v) is 11.1. The number of hydrogen-bond acceptors (Lipinski definition) is 6. The minimum absolute atomic E-state index is 0.289. The van der Waals surface area contributed by atoms with Gasteiger partial charge in [0.1, 0.15) is 5.82 Å². The number of rotatable bonds is 3. The van der Waals surface area contributed by atoms with Gasteiger partial charge in [-0.15, -0.1) is 0 Å². The number of carbonyl (C=O) groups is 1. The number of non-ortho nitro benzene ring substituents is 1. The lowest BCUT2D eigenvalue weighted by atomic mass is 10.0. The van der Waals surface area contributed by atoms with Gasteiger partial charge in [0.05, 0.1) is 10.5 Å². The number of benzene rings is 2. The molecule has 3 N–H and O–H groups in total. The molecule has 0 atom stereocenters. The zero-order chi connectivity index (χ0) is 16.7. The van der Waals surface area contributed by atoms with E-state index in [1.807, 2.05) is 0 Å². The van der Waals surface area contributed by atoms with Crippen molar-refractivity contribution in [1.82, 2.24) is 0 Å². The topological polar surface area (TPSA) is 121 Å². The predicted molar refractivity (Wildman–Crippen MR) is 75.3 cm³/mol. The van der Waals surface area contributed by atoms with Crippen LogP contribution in [-0.4, -0.2) is 33.1 Å². The first-order valence-corrected chi connectivity index (χ1v) is 5.91. The Morgan fingerprint density at radius 3 is 2.14 bits per heavy atom. The van der Waals surface area contributed by atoms with Gasteiger partial charge in [0, 0.05) is 17.7 Å². The van der Waals surface area contributed by atoms with Gasteiger partial charge in [-0.05, 0) is 6.07 Å². The lowest BCUT2D eigenvalue weighted by molar-refractivity contribution is -0.384. The van der Waals surface area contributed by atoms with Gasteiger partial charge in [0.25, 0.3) is 5.69 Å². The number of halogens is 1. The summed E-state index contributed by atoms with van der Waals surface area (Å²) in [5.41, 5.74) is -0.317. The summed E-state index contributed by atoms with van der Waals surface area (Å²) in [4.78, 5) is 21.9. The first-order valence-electron chi connectivity index (χ1n) is 5.91. The van der Waals surface area contributed by atoms with Crippen molar-refractivity contribution in [1.29, 1.82) is 0 Å². The highest BCUT2D eigenvalue weighted by atomic mass is 19.1. The van der Waals surface area contributed by atoms with E-state index in [2.05, 4.69) is 0 Å². The Morgan fingerprint density at radius 2 is 1.64 bits per heavy atom. The molecule has 0 radical (unpaired) electrons. The Bertz CT molecular complexity index is 662. The van der Waals surface area contributed by atoms with Crippen LogP contribution in [0.5, 0.6) is 0 Å². The van der Waals surface area contributed by atoms with E-state index in [4.69, 9.17) is 15.1 Å². The zero-order valence-electron chi connectivity index (χ0n) is 11.1. The van der Waals surface area contributed by atoms with Crippen molar-refractivity contribution in [2.24, 2.45) is 0 Å². The molecule has 0 aliphatic rings. The molecule has 2 aromatic carbocycles. The summed E-state index contributed by atoms with van der Waals surface area (Å²) in [6.45, 7) is 0. The number of nitro groups is 1. The molecule has 0 heterocycles. The van der Waals surface area contributed by atoms with Gasteiger partial charge in [0.2, 0.25) is 0 Å². The Hall–Kier alpha value is -2.62. The molecule has 0 fully saturated rings. The molecule has 2 rings (SSSR count). The van der Waals surface area contributed by atoms with Gasteiger partial charge in [-0.2, -0.15) is 0 Å². The highest BCUT2D eigenvalue weighted by molar-refractivity contribution is 6.30. The summed E-state index contributed by atoms with van der Waals surface area (Å²) in [5.74, 6) is -1.34. The number of nitro benzene ring substituents is 1. The van der Waals surface area contributed by atoms with E-state index in [1.165, 1.54) is 12.1 Å². The molecule has 2 aromatic rings. The third kappa shape index (κ3) is 5.06. The van der Waals surface area contributed by atoms with Crippen LogP contribution in [0.15, 0.2) is 48.5 Å². The van der Waals surface area contributed by atoms with E-state index in [-0.39, 0.29) is 16.8 Å². The van der Waals surface area contributed by atoms with Crippen molar-refractivity contribution >= 4 is 18.8 Å². The van der Waals surface area contributed by atoms with Gasteiger partial charge >= 0.3 is 7.32 Å². The molecule has 0 spiro atoms. The van der Waals surface area contributed by atoms with Crippen LogP contribution in [0.4, 0.5) is 10.1 Å². The van der Waals surface area contributed by atoms with Crippen LogP contribution in [0.3, 0.4) is 0 Å². The molecule has 7 nitrogen and oxygen atoms in total. The van der Waals surface area contributed by atoms with E-state index in [1.54, 1.807) is 18.2 Å². The Morgan fingerprint density at radius 1 is 1.09 bits per heavy atom. The van der Waals surface area contributed by atoms with E-state index in [0.29, 0.717) is 0 Å². The molecular weight excluding hydrogens is 296 g/mol. The molecule has 0 aliphatic heterocycles. The maximum Gasteiger partial charge on any atom is 0.631 e. The summed E-state index contributed by atoms with van der Waals surface area (Å²) < 4.78 is 13.5. The quantitative estimate of drug-likeness (QED) is 0.335. The molecule has 0 bridgehead atoms. The second-order valence-electron chi connectivity index (χ2n) is 3.96. The van der Waals surface area contributed by atoms with Gasteiger partial charge in [-0.3, -0.25) is 14.9 Å². The van der Waals surface area contributed by atoms with Crippen molar-refractivity contribution in [3.05, 3.63) is 75.6 Å². The minimum atomic E-state index is -2.17. The standard InChI is InChI=1S/C13H8FNO3.BH3O3/c14-12-7-6-10(15(17)18)8-11(12)13(16)9-4-2-1-3-5-9;2-1(3)4/h1-8H;2-4H. The van der Waals surface area contributed by atoms with Crippen LogP contribution >= 0.6 is 0 Å². The number of ketones is 1. The highest BCUT2D eigenvalue weighted by Gasteiger charge is 2.17. The number of carbonyl (C=O) groups excluding carboxylic acids is 1. The maximum atomic E-state index is 13.5. The monoisotopic (exact) mass is 307 g/mol. The van der Waals surface area contributed by atoms with E-state index >= 15 is 0 Å². The molecule has 0 aliphatic carbocycles. The third-order valence-electron chi connectivity index (χ3n) is 2.44. The average molecular weight is 307 g/mol. The first kappa shape index (κ1) is 17.4. The number of hydrogen-bond donors (Lipinski definition) is 3. The molecule has 0 aromatic heterocycles. The lowest BCUT2D eigenvalue weighted by Crippen LogP contribution is -2.07. The molecule has 0 saturated heterocycles. The summed E-state index contributed by atoms with van der Waals surface area (Å²) >= 11 is 0. The van der Waals surface area contributed by atoms with Crippen LogP contribution in [0.2, 0.25) is 0 Å². The van der Waals surface area contributed by atoms with Crippen molar-refractivity contribution in [3.8, 4) is 0 Å². The normalized spacial score (nSPS) is 9.45. The Labute approximate surface area is 124 Å². The summed E-state index contributed by atoms with van der Waals surface area (Å²) in [7, 11) is -2.17. The third-order valence-corrected chi connectivity index (χ3v) is 2.44. The van der Waals surface area contributed by atoms with Gasteiger partial charge in [-0.1, -0.05) is 30.3 Å². The summed E-state index contributed by atoms with van der Waals surface area (Å²) in [5, 5.41) is 32.1. The second kappa shape index (κ2) is 7.98. The predicted octanol–water partition coefficient (Wildman–Crippen LogP) is 0.913. The van der Waals surface area contributed by atoms with Crippen LogP contribution < -0.4 is 0 Å². The maximum absolute atomic E-state index is 13.5. The van der Waals surface area contributed by atoms with Crippen molar-refractivity contribution in [2.75, 3.05) is 0 Å². The van der Waals surface area contributed by atoms with E-state index < -0.39 is 23.8 Å². The molecule has 0 unspecified atom stereocenters. The van der Waals surface area contributed by atoms with Crippen molar-refractivity contribution in [2.45, 2.75) is 0 Å². The Kier molecular flexibility index (Phi) is 6.33. The van der Waals surface area contributed by atoms with Crippen molar-refractivity contribution < 1.29 is 29.2 Å². The van der Waals surface area contributed by atoms with Crippen LogP contribution in [0.25, 0.3) is 0 Å². The van der Waals surface area contributed by atoms with Gasteiger partial charge in [-0.25, -0.2) is 4.39 Å². The summed E-state index contributed by atoms with van der Waals surface area (Å²) in [6, 6.07) is 11.0. The van der Waals surface area contributed by atoms with E-state index in [0.717, 1.165) is 18.2 Å². The molecule has 0 saturated carbocycles. The lowest BCUT2D eigenvalue weighted by Gasteiger charge is -2.02. The fourth-order valence-corrected chi connectivity index (χ4v) is 1.55. The van der Waals surface area contributed by atoms with Crippen LogP contribution in [0.1, 0.15) is 15.9 Å². The second-order valence-corrected chi connectivity index (χ2v) is 3.96. The van der Waals surface area contributed by atoms with E-state index in [9.17, 15) is 19.3 Å². The molecule has 22 heavy (non-hydrogen) atoms. The fraction of sp³-hybridized carbons (Fsp3) is 0. The SMILES string of the molecule is O=C(c1ccccc1)c1cc([N+](=O)[O-])ccc1F.OB(O)O. The van der Waals surface area contributed by atoms with Gasteiger partial charge in [0.15, 0.2) is 5.78 Å². The largest absolute Gasteiger partial charge is 0.631 e. The minimum Gasteiger partial charge on any atom is -0.402 e. The number of nitrogens with zero attached hydrogens (tertiary/aromatic N) is 1. The smallest absolute Gasteiger partial charge is 0.402 e.